The average Bonchev–Trinajstić information content (AvgIpc) is 2.97. The van der Waals surface area contributed by atoms with Crippen molar-refractivity contribution in [2.45, 2.75) is 168 Å². The highest BCUT2D eigenvalue weighted by Gasteiger charge is 2.25. The maximum absolute atomic E-state index is 12.4. The number of esters is 2. The number of carbonyl (C=O) groups is 2. The molecular weight excluding hydrogens is 557 g/mol. The molecule has 0 saturated heterocycles. The number of carbonyl (C=O) groups excluding carboxylic acids is 2. The van der Waals surface area contributed by atoms with Crippen LogP contribution in [0.4, 0.5) is 0 Å². The average molecular weight is 622 g/mol. The van der Waals surface area contributed by atoms with E-state index in [1.165, 1.54) is 96.3 Å². The Morgan fingerprint density at radius 1 is 0.619 bits per heavy atom. The summed E-state index contributed by atoms with van der Waals surface area (Å²) in [4.78, 5) is 34.5. The number of nitrogens with two attached hydrogens (primary N) is 1. The molecule has 0 aliphatic carbocycles. The smallest absolute Gasteiger partial charge is 0.462 e. The van der Waals surface area contributed by atoms with Crippen molar-refractivity contribution < 1.29 is 37.6 Å². The normalized spacial score (nSPS) is 13.5. The molecule has 0 aromatic heterocycles. The molecule has 0 aromatic rings. The Hall–Kier alpha value is -0.990. The van der Waals surface area contributed by atoms with Gasteiger partial charge in [0.15, 0.2) is 6.10 Å². The third kappa shape index (κ3) is 29.1. The van der Waals surface area contributed by atoms with Gasteiger partial charge in [0.25, 0.3) is 0 Å². The molecule has 250 valence electrons. The predicted octanol–water partition coefficient (Wildman–Crippen LogP) is 8.55. The Labute approximate surface area is 257 Å². The van der Waals surface area contributed by atoms with Crippen LogP contribution >= 0.6 is 7.82 Å². The van der Waals surface area contributed by atoms with E-state index in [0.29, 0.717) is 6.42 Å². The van der Waals surface area contributed by atoms with Gasteiger partial charge < -0.3 is 20.1 Å². The van der Waals surface area contributed by atoms with Crippen molar-refractivity contribution in [1.29, 1.82) is 0 Å². The third-order valence-electron chi connectivity index (χ3n) is 7.24. The highest BCUT2D eigenvalue weighted by molar-refractivity contribution is 7.47. The van der Waals surface area contributed by atoms with E-state index in [1.807, 2.05) is 0 Å². The maximum Gasteiger partial charge on any atom is 0.472 e. The van der Waals surface area contributed by atoms with E-state index in [1.54, 1.807) is 0 Å². The van der Waals surface area contributed by atoms with E-state index in [2.05, 4.69) is 13.8 Å². The standard InChI is InChI=1S/C32H64NO8P/c1-3-5-7-9-11-13-15-17-19-21-23-25-32(35)41-30(29-40-42(36,37)39-27-26-33)28-38-31(34)24-22-20-18-16-14-12-10-8-6-4-2/h30H,3-29,33H2,1-2H3,(H,36,37). The van der Waals surface area contributed by atoms with Gasteiger partial charge in [-0.15, -0.1) is 0 Å². The van der Waals surface area contributed by atoms with Crippen molar-refractivity contribution in [1.82, 2.24) is 0 Å². The summed E-state index contributed by atoms with van der Waals surface area (Å²) < 4.78 is 32.5. The van der Waals surface area contributed by atoms with Crippen LogP contribution in [0.25, 0.3) is 0 Å². The quantitative estimate of drug-likeness (QED) is 0.0430. The summed E-state index contributed by atoms with van der Waals surface area (Å²) in [7, 11) is -4.35. The zero-order chi connectivity index (χ0) is 31.2. The summed E-state index contributed by atoms with van der Waals surface area (Å²) in [6.45, 7) is 3.70. The van der Waals surface area contributed by atoms with Crippen molar-refractivity contribution in [3.8, 4) is 0 Å². The zero-order valence-electron chi connectivity index (χ0n) is 27.0. The van der Waals surface area contributed by atoms with E-state index >= 15 is 0 Å². The molecule has 9 nitrogen and oxygen atoms in total. The lowest BCUT2D eigenvalue weighted by atomic mass is 10.1. The molecule has 0 spiro atoms. The first kappa shape index (κ1) is 41.0. The van der Waals surface area contributed by atoms with E-state index in [-0.39, 0.29) is 38.6 Å². The molecular formula is C32H64NO8P. The van der Waals surface area contributed by atoms with Crippen LogP contribution in [0.2, 0.25) is 0 Å². The highest BCUT2D eigenvalue weighted by Crippen LogP contribution is 2.43. The summed E-state index contributed by atoms with van der Waals surface area (Å²) in [6, 6.07) is 0. The van der Waals surface area contributed by atoms with Crippen molar-refractivity contribution in [3.63, 3.8) is 0 Å². The summed E-state index contributed by atoms with van der Waals surface area (Å²) in [5, 5.41) is 0. The molecule has 0 amide bonds. The molecule has 10 heteroatoms. The first-order valence-corrected chi connectivity index (χ1v) is 18.5. The lowest BCUT2D eigenvalue weighted by Gasteiger charge is -2.19. The van der Waals surface area contributed by atoms with Gasteiger partial charge in [-0.1, -0.05) is 136 Å². The van der Waals surface area contributed by atoms with E-state index in [4.69, 9.17) is 24.3 Å². The van der Waals surface area contributed by atoms with Crippen LogP contribution in [-0.4, -0.2) is 49.3 Å². The van der Waals surface area contributed by atoms with Gasteiger partial charge in [0.1, 0.15) is 6.61 Å². The monoisotopic (exact) mass is 621 g/mol. The molecule has 42 heavy (non-hydrogen) atoms. The number of ether oxygens (including phenoxy) is 2. The van der Waals surface area contributed by atoms with Crippen LogP contribution in [0, 0.1) is 0 Å². The minimum Gasteiger partial charge on any atom is -0.462 e. The van der Waals surface area contributed by atoms with Gasteiger partial charge in [-0.2, -0.15) is 0 Å². The molecule has 2 atom stereocenters. The molecule has 3 N–H and O–H groups in total. The van der Waals surface area contributed by atoms with E-state index in [0.717, 1.165) is 32.1 Å². The van der Waals surface area contributed by atoms with Crippen LogP contribution in [0.1, 0.15) is 162 Å². The second kappa shape index (κ2) is 30.1. The van der Waals surface area contributed by atoms with Gasteiger partial charge in [0.2, 0.25) is 0 Å². The van der Waals surface area contributed by atoms with Gasteiger partial charge in [0, 0.05) is 19.4 Å². The molecule has 0 saturated carbocycles. The van der Waals surface area contributed by atoms with Crippen LogP contribution in [0.15, 0.2) is 0 Å². The van der Waals surface area contributed by atoms with Gasteiger partial charge >= 0.3 is 19.8 Å². The molecule has 0 fully saturated rings. The number of phosphoric ester groups is 1. The van der Waals surface area contributed by atoms with Crippen molar-refractivity contribution in [2.75, 3.05) is 26.4 Å². The van der Waals surface area contributed by atoms with E-state index < -0.39 is 26.5 Å². The minimum atomic E-state index is -4.35. The molecule has 0 radical (unpaired) electrons. The number of unbranched alkanes of at least 4 members (excludes halogenated alkanes) is 19. The van der Waals surface area contributed by atoms with Crippen molar-refractivity contribution >= 4 is 19.8 Å². The first-order valence-electron chi connectivity index (χ1n) is 17.0. The first-order chi connectivity index (χ1) is 20.3. The van der Waals surface area contributed by atoms with Crippen molar-refractivity contribution in [2.24, 2.45) is 5.73 Å². The number of rotatable bonds is 32. The minimum absolute atomic E-state index is 0.0574. The predicted molar refractivity (Wildman–Crippen MR) is 169 cm³/mol. The Bertz CT molecular complexity index is 679. The van der Waals surface area contributed by atoms with E-state index in [9.17, 15) is 19.0 Å². The molecule has 0 aliphatic heterocycles. The van der Waals surface area contributed by atoms with Crippen LogP contribution in [0.5, 0.6) is 0 Å². The molecule has 0 bridgehead atoms. The molecule has 0 rings (SSSR count). The van der Waals surface area contributed by atoms with Gasteiger partial charge in [-0.3, -0.25) is 18.6 Å². The SMILES string of the molecule is CCCCCCCCCCCCCC(=O)OC(COC(=O)CCCCCCCCCCCC)COP(=O)(O)OCCN. The zero-order valence-corrected chi connectivity index (χ0v) is 27.9. The summed E-state index contributed by atoms with van der Waals surface area (Å²) in [6.07, 6.45) is 24.2. The van der Waals surface area contributed by atoms with Crippen molar-refractivity contribution in [3.05, 3.63) is 0 Å². The van der Waals surface area contributed by atoms with Crippen LogP contribution < -0.4 is 5.73 Å². The fourth-order valence-corrected chi connectivity index (χ4v) is 5.46. The molecule has 0 aromatic carbocycles. The van der Waals surface area contributed by atoms with Crippen LogP contribution in [0.3, 0.4) is 0 Å². The maximum atomic E-state index is 12.4. The largest absolute Gasteiger partial charge is 0.472 e. The fraction of sp³-hybridized carbons (Fsp3) is 0.938. The second-order valence-electron chi connectivity index (χ2n) is 11.4. The molecule has 0 heterocycles. The Morgan fingerprint density at radius 3 is 1.45 bits per heavy atom. The fourth-order valence-electron chi connectivity index (χ4n) is 4.69. The highest BCUT2D eigenvalue weighted by atomic mass is 31.2. The van der Waals surface area contributed by atoms with Gasteiger partial charge in [-0.25, -0.2) is 4.57 Å². The summed E-state index contributed by atoms with van der Waals surface area (Å²) in [5.74, 6) is -0.826. The molecule has 0 aliphatic rings. The third-order valence-corrected chi connectivity index (χ3v) is 8.23. The number of hydrogen-bond donors (Lipinski definition) is 2. The number of hydrogen-bond acceptors (Lipinski definition) is 8. The summed E-state index contributed by atoms with van der Waals surface area (Å²) >= 11 is 0. The van der Waals surface area contributed by atoms with Gasteiger partial charge in [-0.05, 0) is 12.8 Å². The number of phosphoric acid groups is 1. The lowest BCUT2D eigenvalue weighted by molar-refractivity contribution is -0.161. The Kier molecular flexibility index (Phi) is 29.3. The summed E-state index contributed by atoms with van der Waals surface area (Å²) in [5.41, 5.74) is 5.31. The van der Waals surface area contributed by atoms with Crippen LogP contribution in [-0.2, 0) is 32.7 Å². The van der Waals surface area contributed by atoms with Gasteiger partial charge in [0.05, 0.1) is 13.2 Å². The molecule has 2 unspecified atom stereocenters. The Balaban J connectivity index is 4.27. The lowest BCUT2D eigenvalue weighted by Crippen LogP contribution is -2.29. The topological polar surface area (TPSA) is 134 Å². The Morgan fingerprint density at radius 2 is 1.02 bits per heavy atom. The second-order valence-corrected chi connectivity index (χ2v) is 12.9.